The molecule has 0 bridgehead atoms. The Balaban J connectivity index is 2.03. The molecule has 1 fully saturated rings. The lowest BCUT2D eigenvalue weighted by Gasteiger charge is -2.26. The zero-order chi connectivity index (χ0) is 13.4. The van der Waals surface area contributed by atoms with Crippen LogP contribution in [-0.4, -0.2) is 57.4 Å². The Morgan fingerprint density at radius 3 is 2.44 bits per heavy atom. The minimum absolute atomic E-state index is 0.107. The summed E-state index contributed by atoms with van der Waals surface area (Å²) in [4.78, 5) is 23.6. The molecule has 0 aromatic heterocycles. The minimum Gasteiger partial charge on any atom is -0.481 e. The molecule has 18 heavy (non-hydrogen) atoms. The molecule has 0 aromatic rings. The third-order valence-electron chi connectivity index (χ3n) is 2.81. The van der Waals surface area contributed by atoms with Crippen LogP contribution in [0.25, 0.3) is 0 Å². The number of hydrogen-bond acceptors (Lipinski definition) is 3. The van der Waals surface area contributed by atoms with E-state index in [1.54, 1.807) is 4.90 Å². The second-order valence-electron chi connectivity index (χ2n) is 4.27. The van der Waals surface area contributed by atoms with Crippen molar-refractivity contribution in [3.63, 3.8) is 0 Å². The van der Waals surface area contributed by atoms with Crippen molar-refractivity contribution < 1.29 is 18.9 Å². The lowest BCUT2D eigenvalue weighted by atomic mass is 10.2. The number of nitrogens with zero attached hydrogens (tertiary/aromatic N) is 1. The van der Waals surface area contributed by atoms with E-state index in [4.69, 9.17) is 5.11 Å². The van der Waals surface area contributed by atoms with Gasteiger partial charge in [-0.3, -0.25) is 9.00 Å². The van der Waals surface area contributed by atoms with Crippen LogP contribution in [0, 0.1) is 0 Å². The van der Waals surface area contributed by atoms with E-state index < -0.39 is 16.8 Å². The molecule has 6 nitrogen and oxygen atoms in total. The van der Waals surface area contributed by atoms with Gasteiger partial charge in [0.25, 0.3) is 0 Å². The number of nitrogens with one attached hydrogen (secondary N) is 1. The Morgan fingerprint density at radius 1 is 1.17 bits per heavy atom. The molecular formula is C11H20N2O4S. The maximum Gasteiger partial charge on any atom is 0.317 e. The zero-order valence-corrected chi connectivity index (χ0v) is 11.2. The predicted octanol–water partition coefficient (Wildman–Crippen LogP) is 0.405. The molecule has 0 unspecified atom stereocenters. The Bertz CT molecular complexity index is 312. The number of amides is 2. The average molecular weight is 276 g/mol. The molecule has 2 N–H and O–H groups in total. The van der Waals surface area contributed by atoms with E-state index in [1.807, 2.05) is 0 Å². The number of hydrogen-bond donors (Lipinski definition) is 2. The predicted molar refractivity (Wildman–Crippen MR) is 69.0 cm³/mol. The number of carboxylic acid groups (broad SMARTS) is 1. The first kappa shape index (κ1) is 14.9. The summed E-state index contributed by atoms with van der Waals surface area (Å²) in [6, 6.07) is -0.107. The average Bonchev–Trinajstić information content (AvgIpc) is 2.34. The van der Waals surface area contributed by atoms with Gasteiger partial charge in [0.15, 0.2) is 0 Å². The summed E-state index contributed by atoms with van der Waals surface area (Å²) in [5.74, 6) is 0.346. The van der Waals surface area contributed by atoms with Crippen LogP contribution in [0.2, 0.25) is 0 Å². The van der Waals surface area contributed by atoms with Crippen LogP contribution in [0.1, 0.15) is 25.7 Å². The Labute approximate surface area is 109 Å². The van der Waals surface area contributed by atoms with Gasteiger partial charge in [0, 0.05) is 48.4 Å². The molecule has 0 spiro atoms. The number of unbranched alkanes of at least 4 members (excludes halogenated alkanes) is 2. The Morgan fingerprint density at radius 2 is 1.83 bits per heavy atom. The van der Waals surface area contributed by atoms with E-state index >= 15 is 0 Å². The zero-order valence-electron chi connectivity index (χ0n) is 10.4. The van der Waals surface area contributed by atoms with Gasteiger partial charge in [-0.25, -0.2) is 4.79 Å². The van der Waals surface area contributed by atoms with E-state index in [0.29, 0.717) is 37.6 Å². The topological polar surface area (TPSA) is 86.7 Å². The lowest BCUT2D eigenvalue weighted by Crippen LogP contribution is -2.47. The van der Waals surface area contributed by atoms with E-state index in [0.717, 1.165) is 12.8 Å². The number of carbonyl (C=O) groups excluding carboxylic acids is 1. The van der Waals surface area contributed by atoms with Gasteiger partial charge in [-0.15, -0.1) is 0 Å². The van der Waals surface area contributed by atoms with Gasteiger partial charge in [0.1, 0.15) is 0 Å². The van der Waals surface area contributed by atoms with Gasteiger partial charge in [-0.2, -0.15) is 0 Å². The second-order valence-corrected chi connectivity index (χ2v) is 5.97. The molecule has 0 radical (unpaired) electrons. The van der Waals surface area contributed by atoms with Crippen LogP contribution in [0.3, 0.4) is 0 Å². The Kier molecular flexibility index (Phi) is 6.70. The highest BCUT2D eigenvalue weighted by Crippen LogP contribution is 2.01. The van der Waals surface area contributed by atoms with E-state index in [-0.39, 0.29) is 12.5 Å². The van der Waals surface area contributed by atoms with Crippen molar-refractivity contribution in [3.05, 3.63) is 0 Å². The molecule has 1 heterocycles. The van der Waals surface area contributed by atoms with E-state index in [2.05, 4.69) is 5.32 Å². The molecule has 104 valence electrons. The van der Waals surface area contributed by atoms with Crippen LogP contribution >= 0.6 is 0 Å². The number of aliphatic carboxylic acids is 1. The van der Waals surface area contributed by atoms with Crippen LogP contribution in [0.4, 0.5) is 4.79 Å². The third-order valence-corrected chi connectivity index (χ3v) is 4.08. The first-order chi connectivity index (χ1) is 8.59. The number of carboxylic acids is 1. The Hall–Kier alpha value is -1.11. The molecule has 1 aliphatic rings. The number of rotatable bonds is 6. The molecule has 0 saturated carbocycles. The first-order valence-corrected chi connectivity index (χ1v) is 7.68. The summed E-state index contributed by atoms with van der Waals surface area (Å²) >= 11 is 0. The molecular weight excluding hydrogens is 256 g/mol. The number of urea groups is 1. The minimum atomic E-state index is -0.777. The van der Waals surface area contributed by atoms with Gasteiger partial charge in [0.2, 0.25) is 0 Å². The fraction of sp³-hybridized carbons (Fsp3) is 0.818. The normalized spacial score (nSPS) is 16.6. The van der Waals surface area contributed by atoms with Gasteiger partial charge >= 0.3 is 12.0 Å². The van der Waals surface area contributed by atoms with Crippen LogP contribution in [0.15, 0.2) is 0 Å². The van der Waals surface area contributed by atoms with Crippen molar-refractivity contribution in [2.75, 3.05) is 31.1 Å². The van der Waals surface area contributed by atoms with Crippen molar-refractivity contribution in [1.29, 1.82) is 0 Å². The van der Waals surface area contributed by atoms with Gasteiger partial charge in [-0.05, 0) is 12.8 Å². The molecule has 7 heteroatoms. The molecule has 0 aliphatic carbocycles. The summed E-state index contributed by atoms with van der Waals surface area (Å²) in [6.45, 7) is 1.67. The SMILES string of the molecule is O=C(O)CCCCCNC(=O)N1CCS(=O)CC1. The van der Waals surface area contributed by atoms with Crippen molar-refractivity contribution in [2.24, 2.45) is 0 Å². The quantitative estimate of drug-likeness (QED) is 0.688. The monoisotopic (exact) mass is 276 g/mol. The van der Waals surface area contributed by atoms with Crippen LogP contribution in [-0.2, 0) is 15.6 Å². The molecule has 1 rings (SSSR count). The largest absolute Gasteiger partial charge is 0.481 e. The second kappa shape index (κ2) is 8.07. The summed E-state index contributed by atoms with van der Waals surface area (Å²) in [7, 11) is -0.769. The highest BCUT2D eigenvalue weighted by atomic mass is 32.2. The van der Waals surface area contributed by atoms with Crippen LogP contribution in [0.5, 0.6) is 0 Å². The fourth-order valence-electron chi connectivity index (χ4n) is 1.73. The van der Waals surface area contributed by atoms with Gasteiger partial charge in [-0.1, -0.05) is 6.42 Å². The molecule has 2 amide bonds. The highest BCUT2D eigenvalue weighted by Gasteiger charge is 2.19. The van der Waals surface area contributed by atoms with E-state index in [1.165, 1.54) is 0 Å². The standard InChI is InChI=1S/C11H20N2O4S/c14-10(15)4-2-1-3-5-12-11(16)13-6-8-18(17)9-7-13/h1-9H2,(H,12,16)(H,14,15). The summed E-state index contributed by atoms with van der Waals surface area (Å²) in [6.07, 6.45) is 2.43. The summed E-state index contributed by atoms with van der Waals surface area (Å²) in [5.41, 5.74) is 0. The van der Waals surface area contributed by atoms with Crippen LogP contribution < -0.4 is 5.32 Å². The van der Waals surface area contributed by atoms with Crippen molar-refractivity contribution in [3.8, 4) is 0 Å². The van der Waals surface area contributed by atoms with Crippen molar-refractivity contribution in [2.45, 2.75) is 25.7 Å². The molecule has 1 aliphatic heterocycles. The van der Waals surface area contributed by atoms with Gasteiger partial charge in [0.05, 0.1) is 0 Å². The highest BCUT2D eigenvalue weighted by molar-refractivity contribution is 7.85. The summed E-state index contributed by atoms with van der Waals surface area (Å²) in [5, 5.41) is 11.2. The number of carbonyl (C=O) groups is 2. The van der Waals surface area contributed by atoms with Crippen molar-refractivity contribution >= 4 is 22.8 Å². The van der Waals surface area contributed by atoms with E-state index in [9.17, 15) is 13.8 Å². The van der Waals surface area contributed by atoms with Crippen molar-refractivity contribution in [1.82, 2.24) is 10.2 Å². The lowest BCUT2D eigenvalue weighted by molar-refractivity contribution is -0.137. The summed E-state index contributed by atoms with van der Waals surface area (Å²) < 4.78 is 11.1. The smallest absolute Gasteiger partial charge is 0.317 e. The first-order valence-electron chi connectivity index (χ1n) is 6.19. The third kappa shape index (κ3) is 6.00. The maximum atomic E-state index is 11.7. The molecule has 1 saturated heterocycles. The fourth-order valence-corrected chi connectivity index (χ4v) is 2.78. The van der Waals surface area contributed by atoms with Gasteiger partial charge < -0.3 is 15.3 Å². The molecule has 0 aromatic carbocycles. The maximum absolute atomic E-state index is 11.7. The molecule has 0 atom stereocenters.